The van der Waals surface area contributed by atoms with Gasteiger partial charge in [-0.2, -0.15) is 0 Å². The quantitative estimate of drug-likeness (QED) is 0.0152. The Balaban J connectivity index is 0.000000169. The number of carbonyl (C=O) groups is 6. The normalized spacial score (nSPS) is 12.0. The first-order valence-electron chi connectivity index (χ1n) is 41.3. The molecule has 0 radical (unpaired) electrons. The molecule has 0 fully saturated rings. The third-order valence-corrected chi connectivity index (χ3v) is 22.4. The number of esters is 6. The number of rotatable bonds is 20. The summed E-state index contributed by atoms with van der Waals surface area (Å²) in [5.74, 6) is -0.0562. The second-order valence-electron chi connectivity index (χ2n) is 32.2. The lowest BCUT2D eigenvalue weighted by atomic mass is 9.90. The fraction of sp³-hybridized carbons (Fsp3) is 0.282. The van der Waals surface area contributed by atoms with Crippen LogP contribution < -0.4 is 18.9 Å². The van der Waals surface area contributed by atoms with Crippen molar-refractivity contribution in [2.75, 3.05) is 0 Å². The van der Waals surface area contributed by atoms with Crippen molar-refractivity contribution in [2.45, 2.75) is 156 Å². The van der Waals surface area contributed by atoms with Gasteiger partial charge in [-0.1, -0.05) is 232 Å². The highest BCUT2D eigenvalue weighted by Gasteiger charge is 2.32. The molecule has 642 valence electrons. The molecule has 0 aromatic heterocycles. The predicted octanol–water partition coefficient (Wildman–Crippen LogP) is 24.1. The van der Waals surface area contributed by atoms with Gasteiger partial charge in [0.1, 0.15) is 59.2 Å². The molecule has 0 spiro atoms. The molecule has 0 aliphatic rings. The molecule has 0 heterocycles. The SMILES string of the molecule is CCC(C)(C)C(=O)OCc1ccc(O)cc1.CCC(C)(C)C(=O)Oc1c2ccccc2c(O)c2ccccc12.CCC(C)(C)C(=O)Oc1c2ccccc2cc2c(O)c(O)ccc12.CCC(C)C(=O)OCc1ccc(O)cc1.CCC(C)C(=O)Oc1c2ccccc2c(O)c2ccccc12.CCC(C)C(=O)Oc1c2ccccc2cc2c(O)c(O)ccc12. The molecule has 123 heavy (non-hydrogen) atoms. The highest BCUT2D eigenvalue weighted by Crippen LogP contribution is 2.48. The van der Waals surface area contributed by atoms with Crippen LogP contribution in [-0.2, 0) is 51.5 Å². The summed E-state index contributed by atoms with van der Waals surface area (Å²) < 4.78 is 33.2. The standard InChI is InChI=1S/C20H20O4.C20H20O3.C19H18O4.C19H18O3.C13H18O3.C12H16O3/c1-4-20(2,3)19(23)24-18-13-8-6-5-7-12(13)11-15-14(18)9-10-16(21)17(15)22;1-4-20(2,3)19(22)23-18-15-11-7-5-9-13(15)17(21)14-10-6-8-12-16(14)18;1-3-11(2)19(22)23-18-13-7-5-4-6-12(13)10-15-14(18)8-9-16(20)17(15)21;1-3-12(2)19(21)22-18-15-10-6-4-8-13(15)17(20)14-9-5-7-11-16(14)18;1-4-13(2,3)12(15)16-9-10-5-7-11(14)8-6-10;1-3-9(2)12(14)15-8-10-4-6-11(13)7-5-10/h5-11,21-22H,4H2,1-3H3;5-12,21H,4H2,1-3H3;4-11,20-21H,3H2,1-2H3;4-12,20H,3H2,1-2H3;5-8,14H,4,9H2,1-3H3;4-7,9,13H,3,8H2,1-2H3. The number of ether oxygens (including phenoxy) is 6. The van der Waals surface area contributed by atoms with Crippen molar-refractivity contribution < 1.29 is 98.0 Å². The van der Waals surface area contributed by atoms with Gasteiger partial charge in [0.25, 0.3) is 0 Å². The van der Waals surface area contributed by atoms with E-state index in [0.717, 1.165) is 73.5 Å². The van der Waals surface area contributed by atoms with Crippen molar-refractivity contribution in [3.05, 3.63) is 242 Å². The average Bonchev–Trinajstić information content (AvgIpc) is 0.828. The van der Waals surface area contributed by atoms with Gasteiger partial charge in [-0.25, -0.2) is 0 Å². The third kappa shape index (κ3) is 22.5. The molecule has 0 saturated heterocycles. The largest absolute Gasteiger partial charge is 0.508 e. The fourth-order valence-electron chi connectivity index (χ4n) is 12.3. The van der Waals surface area contributed by atoms with Crippen molar-refractivity contribution in [1.82, 2.24) is 0 Å². The molecule has 3 unspecified atom stereocenters. The van der Waals surface area contributed by atoms with Gasteiger partial charge >= 0.3 is 35.8 Å². The molecule has 14 aromatic rings. The van der Waals surface area contributed by atoms with Crippen LogP contribution in [0.5, 0.6) is 69.0 Å². The number of benzene rings is 14. The highest BCUT2D eigenvalue weighted by atomic mass is 16.6. The first kappa shape index (κ1) is 93.2. The number of phenols is 8. The van der Waals surface area contributed by atoms with Gasteiger partial charge in [0, 0.05) is 75.4 Å². The molecule has 20 heteroatoms. The maximum Gasteiger partial charge on any atom is 0.316 e. The van der Waals surface area contributed by atoms with Crippen LogP contribution in [0.2, 0.25) is 0 Å². The molecule has 3 atom stereocenters. The van der Waals surface area contributed by atoms with E-state index in [1.165, 1.54) is 12.1 Å². The van der Waals surface area contributed by atoms with E-state index < -0.39 is 16.2 Å². The molecular weight excluding hydrogens is 1560 g/mol. The minimum absolute atomic E-state index is 0.0536. The molecule has 0 bridgehead atoms. The van der Waals surface area contributed by atoms with Crippen LogP contribution >= 0.6 is 0 Å². The average molecular weight is 1670 g/mol. The van der Waals surface area contributed by atoms with Crippen molar-refractivity contribution >= 4 is 122 Å². The van der Waals surface area contributed by atoms with Crippen molar-refractivity contribution in [2.24, 2.45) is 34.0 Å². The van der Waals surface area contributed by atoms with Crippen LogP contribution in [-0.4, -0.2) is 76.7 Å². The smallest absolute Gasteiger partial charge is 0.316 e. The van der Waals surface area contributed by atoms with E-state index in [4.69, 9.17) is 38.6 Å². The van der Waals surface area contributed by atoms with E-state index in [-0.39, 0.29) is 113 Å². The zero-order valence-electron chi connectivity index (χ0n) is 72.3. The molecule has 0 aliphatic heterocycles. The lowest BCUT2D eigenvalue weighted by molar-refractivity contribution is -0.155. The van der Waals surface area contributed by atoms with Gasteiger partial charge in [-0.15, -0.1) is 0 Å². The Hall–Kier alpha value is -13.6. The van der Waals surface area contributed by atoms with Crippen LogP contribution in [0.15, 0.2) is 231 Å². The van der Waals surface area contributed by atoms with Gasteiger partial charge < -0.3 is 69.3 Å². The van der Waals surface area contributed by atoms with Gasteiger partial charge in [-0.3, -0.25) is 28.8 Å². The zero-order chi connectivity index (χ0) is 89.8. The molecule has 14 rings (SSSR count). The van der Waals surface area contributed by atoms with E-state index in [0.29, 0.717) is 85.4 Å². The lowest BCUT2D eigenvalue weighted by Crippen LogP contribution is -2.28. The van der Waals surface area contributed by atoms with Gasteiger partial charge in [0.2, 0.25) is 0 Å². The first-order valence-corrected chi connectivity index (χ1v) is 41.3. The summed E-state index contributed by atoms with van der Waals surface area (Å²) in [5, 5.41) is 90.0. The molecule has 14 aromatic carbocycles. The zero-order valence-corrected chi connectivity index (χ0v) is 72.3. The van der Waals surface area contributed by atoms with E-state index in [9.17, 15) is 59.4 Å². The highest BCUT2D eigenvalue weighted by molar-refractivity contribution is 6.14. The maximum atomic E-state index is 12.6. The lowest BCUT2D eigenvalue weighted by Gasteiger charge is -2.22. The Bertz CT molecular complexity index is 6010. The van der Waals surface area contributed by atoms with Crippen molar-refractivity contribution in [3.8, 4) is 69.0 Å². The Morgan fingerprint density at radius 2 is 0.537 bits per heavy atom. The Kier molecular flexibility index (Phi) is 31.5. The van der Waals surface area contributed by atoms with Crippen LogP contribution in [0.3, 0.4) is 0 Å². The second-order valence-corrected chi connectivity index (χ2v) is 32.2. The number of phenolic OH excluding ortho intramolecular Hbond substituents is 8. The predicted molar refractivity (Wildman–Crippen MR) is 485 cm³/mol. The van der Waals surface area contributed by atoms with Crippen LogP contribution in [0.1, 0.15) is 154 Å². The van der Waals surface area contributed by atoms with E-state index in [1.807, 2.05) is 249 Å². The summed E-state index contributed by atoms with van der Waals surface area (Å²) in [6, 6.07) is 67.6. The summed E-state index contributed by atoms with van der Waals surface area (Å²) >= 11 is 0. The number of hydrogen-bond acceptors (Lipinski definition) is 20. The molecular formula is C103H110O20. The summed E-state index contributed by atoms with van der Waals surface area (Å²) in [6.07, 6.45) is 4.30. The van der Waals surface area contributed by atoms with Crippen LogP contribution in [0, 0.1) is 34.0 Å². The first-order chi connectivity index (χ1) is 58.5. The van der Waals surface area contributed by atoms with Gasteiger partial charge in [-0.05, 0) is 163 Å². The van der Waals surface area contributed by atoms with E-state index in [1.54, 1.807) is 72.8 Å². The minimum Gasteiger partial charge on any atom is -0.508 e. The Morgan fingerprint density at radius 3 is 0.862 bits per heavy atom. The monoisotopic (exact) mass is 1670 g/mol. The topological polar surface area (TPSA) is 320 Å². The molecule has 8 N–H and O–H groups in total. The summed E-state index contributed by atoms with van der Waals surface area (Å²) in [5.41, 5.74) is 0.154. The number of fused-ring (bicyclic) bond motifs is 8. The molecule has 0 saturated carbocycles. The van der Waals surface area contributed by atoms with Gasteiger partial charge in [0.05, 0.1) is 34.0 Å². The second kappa shape index (κ2) is 41.6. The maximum absolute atomic E-state index is 12.6. The van der Waals surface area contributed by atoms with Gasteiger partial charge in [0.15, 0.2) is 23.0 Å². The fourth-order valence-corrected chi connectivity index (χ4v) is 12.3. The van der Waals surface area contributed by atoms with E-state index in [2.05, 4.69) is 0 Å². The van der Waals surface area contributed by atoms with E-state index >= 15 is 0 Å². The Morgan fingerprint density at radius 1 is 0.276 bits per heavy atom. The molecule has 0 amide bonds. The van der Waals surface area contributed by atoms with Crippen LogP contribution in [0.4, 0.5) is 0 Å². The summed E-state index contributed by atoms with van der Waals surface area (Å²) in [6.45, 7) is 28.9. The minimum atomic E-state index is -0.609. The van der Waals surface area contributed by atoms with Crippen molar-refractivity contribution in [1.29, 1.82) is 0 Å². The third-order valence-electron chi connectivity index (χ3n) is 22.4. The number of aromatic hydroxyl groups is 8. The molecule has 0 aliphatic carbocycles. The van der Waals surface area contributed by atoms with Crippen LogP contribution in [0.25, 0.3) is 86.2 Å². The van der Waals surface area contributed by atoms with Crippen molar-refractivity contribution in [3.63, 3.8) is 0 Å². The number of hydrogen-bond donors (Lipinski definition) is 8. The summed E-state index contributed by atoms with van der Waals surface area (Å²) in [7, 11) is 0. The number of carbonyl (C=O) groups excluding carboxylic acids is 6. The summed E-state index contributed by atoms with van der Waals surface area (Å²) in [4.78, 5) is 72.6. The molecule has 20 nitrogen and oxygen atoms in total. The Labute approximate surface area is 716 Å².